The quantitative estimate of drug-likeness (QED) is 0.913. The van der Waals surface area contributed by atoms with Crippen molar-refractivity contribution in [2.24, 2.45) is 5.92 Å². The third-order valence-electron chi connectivity index (χ3n) is 4.08. The molecule has 0 spiro atoms. The molecule has 1 aromatic carbocycles. The summed E-state index contributed by atoms with van der Waals surface area (Å²) in [5, 5.41) is 10.3. The van der Waals surface area contributed by atoms with E-state index in [4.69, 9.17) is 4.42 Å². The van der Waals surface area contributed by atoms with Gasteiger partial charge in [0.05, 0.1) is 12.2 Å². The molecule has 1 aliphatic heterocycles. The normalized spacial score (nSPS) is 18.4. The minimum Gasteiger partial charge on any atom is -0.508 e. The second-order valence-electron chi connectivity index (χ2n) is 5.53. The number of alkyl halides is 3. The molecular weight excluding hydrogens is 283 g/mol. The highest BCUT2D eigenvalue weighted by molar-refractivity contribution is 5.82. The average Bonchev–Trinajstić information content (AvgIpc) is 2.80. The molecule has 0 saturated carbocycles. The van der Waals surface area contributed by atoms with Crippen molar-refractivity contribution in [2.45, 2.75) is 25.6 Å². The number of phenolic OH excluding ortho intramolecular Hbond substituents is 1. The van der Waals surface area contributed by atoms with Crippen molar-refractivity contribution in [3.8, 4) is 5.75 Å². The highest BCUT2D eigenvalue weighted by Crippen LogP contribution is 2.35. The number of likely N-dealkylation sites (tertiary alicyclic amines) is 1. The monoisotopic (exact) mass is 299 g/mol. The number of benzene rings is 1. The molecular formula is C15H16F3NO2. The highest BCUT2D eigenvalue weighted by atomic mass is 19.4. The minimum atomic E-state index is -4.08. The summed E-state index contributed by atoms with van der Waals surface area (Å²) in [6, 6.07) is 4.89. The molecule has 1 saturated heterocycles. The Morgan fingerprint density at radius 3 is 2.62 bits per heavy atom. The molecule has 21 heavy (non-hydrogen) atoms. The maximum atomic E-state index is 12.6. The smallest absolute Gasteiger partial charge is 0.391 e. The fraction of sp³-hybridized carbons (Fsp3) is 0.467. The summed E-state index contributed by atoms with van der Waals surface area (Å²) in [6.07, 6.45) is -2.16. The molecule has 0 radical (unpaired) electrons. The molecule has 0 unspecified atom stereocenters. The molecule has 1 fully saturated rings. The molecule has 1 aromatic heterocycles. The van der Waals surface area contributed by atoms with Gasteiger partial charge in [-0.3, -0.25) is 4.90 Å². The van der Waals surface area contributed by atoms with Crippen LogP contribution in [0.4, 0.5) is 13.2 Å². The molecule has 3 rings (SSSR count). The first-order chi connectivity index (χ1) is 9.93. The van der Waals surface area contributed by atoms with Crippen LogP contribution in [0.5, 0.6) is 5.75 Å². The first kappa shape index (κ1) is 14.3. The van der Waals surface area contributed by atoms with E-state index >= 15 is 0 Å². The van der Waals surface area contributed by atoms with Gasteiger partial charge in [0.15, 0.2) is 0 Å². The van der Waals surface area contributed by atoms with Gasteiger partial charge in [0, 0.05) is 23.6 Å². The number of halogens is 3. The molecule has 1 N–H and O–H groups in total. The molecule has 0 amide bonds. The van der Waals surface area contributed by atoms with Crippen molar-refractivity contribution in [1.29, 1.82) is 0 Å². The Kier molecular flexibility index (Phi) is 3.57. The zero-order valence-electron chi connectivity index (χ0n) is 11.4. The van der Waals surface area contributed by atoms with Crippen LogP contribution in [0.1, 0.15) is 18.4 Å². The number of hydrogen-bond donors (Lipinski definition) is 1. The van der Waals surface area contributed by atoms with Crippen LogP contribution in [-0.4, -0.2) is 29.3 Å². The number of fused-ring (bicyclic) bond motifs is 1. The Balaban J connectivity index is 1.67. The maximum Gasteiger partial charge on any atom is 0.391 e. The van der Waals surface area contributed by atoms with Crippen molar-refractivity contribution in [3.05, 3.63) is 30.0 Å². The first-order valence-electron chi connectivity index (χ1n) is 6.91. The summed E-state index contributed by atoms with van der Waals surface area (Å²) >= 11 is 0. The van der Waals surface area contributed by atoms with E-state index in [0.717, 1.165) is 10.9 Å². The van der Waals surface area contributed by atoms with Gasteiger partial charge >= 0.3 is 6.18 Å². The largest absolute Gasteiger partial charge is 0.508 e. The van der Waals surface area contributed by atoms with Crippen molar-refractivity contribution >= 4 is 11.0 Å². The van der Waals surface area contributed by atoms with Crippen molar-refractivity contribution in [3.63, 3.8) is 0 Å². The van der Waals surface area contributed by atoms with E-state index in [2.05, 4.69) is 0 Å². The Hall–Kier alpha value is -1.69. The first-order valence-corrected chi connectivity index (χ1v) is 6.91. The highest BCUT2D eigenvalue weighted by Gasteiger charge is 2.41. The van der Waals surface area contributed by atoms with Crippen molar-refractivity contribution in [2.75, 3.05) is 13.1 Å². The molecule has 0 bridgehead atoms. The van der Waals surface area contributed by atoms with E-state index in [1.165, 1.54) is 6.07 Å². The summed E-state index contributed by atoms with van der Waals surface area (Å²) in [4.78, 5) is 2.01. The van der Waals surface area contributed by atoms with Crippen LogP contribution in [0.2, 0.25) is 0 Å². The zero-order chi connectivity index (χ0) is 15.0. The van der Waals surface area contributed by atoms with Gasteiger partial charge in [-0.2, -0.15) is 13.2 Å². The fourth-order valence-corrected chi connectivity index (χ4v) is 2.85. The third-order valence-corrected chi connectivity index (χ3v) is 4.08. The van der Waals surface area contributed by atoms with Crippen molar-refractivity contribution in [1.82, 2.24) is 4.90 Å². The van der Waals surface area contributed by atoms with Crippen LogP contribution in [0.15, 0.2) is 28.9 Å². The van der Waals surface area contributed by atoms with E-state index < -0.39 is 12.1 Å². The van der Waals surface area contributed by atoms with Crippen molar-refractivity contribution < 1.29 is 22.7 Å². The second kappa shape index (κ2) is 5.26. The lowest BCUT2D eigenvalue weighted by Crippen LogP contribution is -2.38. The summed E-state index contributed by atoms with van der Waals surface area (Å²) < 4.78 is 43.3. The standard InChI is InChI=1S/C15H16F3NO2/c16-15(17,18)11-3-5-19(6-4-11)8-10-9-21-14-7-12(20)1-2-13(10)14/h1-2,7,9,11,20H,3-6,8H2. The van der Waals surface area contributed by atoms with Gasteiger partial charge in [0.2, 0.25) is 0 Å². The van der Waals surface area contributed by atoms with E-state index in [1.807, 2.05) is 4.90 Å². The number of furan rings is 1. The number of rotatable bonds is 2. The van der Waals surface area contributed by atoms with Gasteiger partial charge in [-0.15, -0.1) is 0 Å². The minimum absolute atomic E-state index is 0.134. The summed E-state index contributed by atoms with van der Waals surface area (Å²) in [7, 11) is 0. The lowest BCUT2D eigenvalue weighted by Gasteiger charge is -2.32. The second-order valence-corrected chi connectivity index (χ2v) is 5.53. The lowest BCUT2D eigenvalue weighted by atomic mass is 9.96. The van der Waals surface area contributed by atoms with Gasteiger partial charge in [-0.1, -0.05) is 0 Å². The number of aromatic hydroxyl groups is 1. The molecule has 3 nitrogen and oxygen atoms in total. The lowest BCUT2D eigenvalue weighted by molar-refractivity contribution is -0.185. The van der Waals surface area contributed by atoms with E-state index in [-0.39, 0.29) is 18.6 Å². The molecule has 2 aromatic rings. The SMILES string of the molecule is Oc1ccc2c(CN3CCC(C(F)(F)F)CC3)coc2c1. The summed E-state index contributed by atoms with van der Waals surface area (Å²) in [5.74, 6) is -1.04. The number of nitrogens with zero attached hydrogens (tertiary/aromatic N) is 1. The van der Waals surface area contributed by atoms with Crippen LogP contribution in [0.3, 0.4) is 0 Å². The van der Waals surface area contributed by atoms with Crippen LogP contribution >= 0.6 is 0 Å². The van der Waals surface area contributed by atoms with Gasteiger partial charge < -0.3 is 9.52 Å². The van der Waals surface area contributed by atoms with Crippen LogP contribution in [0.25, 0.3) is 11.0 Å². The number of hydrogen-bond acceptors (Lipinski definition) is 3. The third kappa shape index (κ3) is 3.00. The number of phenols is 1. The van der Waals surface area contributed by atoms with Gasteiger partial charge in [0.25, 0.3) is 0 Å². The Morgan fingerprint density at radius 2 is 1.95 bits per heavy atom. The van der Waals surface area contributed by atoms with Crippen LogP contribution < -0.4 is 0 Å². The summed E-state index contributed by atoms with van der Waals surface area (Å²) in [6.45, 7) is 1.45. The van der Waals surface area contributed by atoms with Gasteiger partial charge in [-0.05, 0) is 38.1 Å². The van der Waals surface area contributed by atoms with Crippen LogP contribution in [-0.2, 0) is 6.54 Å². The molecule has 0 atom stereocenters. The molecule has 1 aliphatic rings. The van der Waals surface area contributed by atoms with Gasteiger partial charge in [0.1, 0.15) is 11.3 Å². The average molecular weight is 299 g/mol. The summed E-state index contributed by atoms with van der Waals surface area (Å²) in [5.41, 5.74) is 1.53. The predicted molar refractivity (Wildman–Crippen MR) is 71.9 cm³/mol. The Labute approximate surface area is 120 Å². The Bertz CT molecular complexity index is 627. The molecule has 2 heterocycles. The van der Waals surface area contributed by atoms with E-state index in [0.29, 0.717) is 25.2 Å². The number of piperidine rings is 1. The maximum absolute atomic E-state index is 12.6. The van der Waals surface area contributed by atoms with E-state index in [9.17, 15) is 18.3 Å². The molecule has 0 aliphatic carbocycles. The molecule has 6 heteroatoms. The molecule has 114 valence electrons. The van der Waals surface area contributed by atoms with Gasteiger partial charge in [-0.25, -0.2) is 0 Å². The van der Waals surface area contributed by atoms with Crippen LogP contribution in [0, 0.1) is 5.92 Å². The van der Waals surface area contributed by atoms with E-state index in [1.54, 1.807) is 18.4 Å². The zero-order valence-corrected chi connectivity index (χ0v) is 11.4. The topological polar surface area (TPSA) is 36.6 Å². The predicted octanol–water partition coefficient (Wildman–Crippen LogP) is 3.91. The Morgan fingerprint density at radius 1 is 1.24 bits per heavy atom. The fourth-order valence-electron chi connectivity index (χ4n) is 2.85.